The van der Waals surface area contributed by atoms with Crippen LogP contribution in [0, 0.1) is 6.92 Å². The number of carbonyl (C=O) groups is 1. The molecule has 1 aliphatic heterocycles. The molecule has 1 aliphatic rings. The Labute approximate surface area is 199 Å². The highest BCUT2D eigenvalue weighted by molar-refractivity contribution is 5.75. The van der Waals surface area contributed by atoms with Crippen molar-refractivity contribution in [2.24, 2.45) is 0 Å². The van der Waals surface area contributed by atoms with Gasteiger partial charge in [-0.2, -0.15) is 5.10 Å². The third kappa shape index (κ3) is 5.89. The van der Waals surface area contributed by atoms with Gasteiger partial charge >= 0.3 is 6.03 Å². The van der Waals surface area contributed by atoms with Crippen molar-refractivity contribution in [3.05, 3.63) is 54.0 Å². The van der Waals surface area contributed by atoms with Crippen LogP contribution in [0.15, 0.2) is 42.9 Å². The number of aromatic nitrogens is 4. The predicted octanol–water partition coefficient (Wildman–Crippen LogP) is 2.70. The average molecular weight is 466 g/mol. The number of nitrogens with zero attached hydrogens (tertiary/aromatic N) is 5. The molecule has 0 aliphatic carbocycles. The first-order chi connectivity index (χ1) is 16.4. The first kappa shape index (κ1) is 23.7. The van der Waals surface area contributed by atoms with E-state index in [2.05, 4.69) is 31.8 Å². The summed E-state index contributed by atoms with van der Waals surface area (Å²) in [6.07, 6.45) is 5.47. The van der Waals surface area contributed by atoms with Crippen LogP contribution in [-0.4, -0.2) is 67.7 Å². The molecule has 10 nitrogen and oxygen atoms in total. The first-order valence-corrected chi connectivity index (χ1v) is 11.4. The number of ether oxygens (including phenoxy) is 1. The lowest BCUT2D eigenvalue weighted by Crippen LogP contribution is -2.58. The minimum atomic E-state index is -0.0686. The molecule has 4 rings (SSSR count). The van der Waals surface area contributed by atoms with Crippen molar-refractivity contribution in [3.63, 3.8) is 0 Å². The summed E-state index contributed by atoms with van der Waals surface area (Å²) in [5.74, 6) is 0.462. The molecule has 0 spiro atoms. The molecule has 10 heteroatoms. The maximum atomic E-state index is 12.4. The molecule has 2 amide bonds. The molecule has 0 saturated carbocycles. The summed E-state index contributed by atoms with van der Waals surface area (Å²) in [5.41, 5.74) is 4.62. The van der Waals surface area contributed by atoms with Crippen LogP contribution in [0.1, 0.15) is 25.0 Å². The highest BCUT2D eigenvalue weighted by Gasteiger charge is 2.31. The lowest BCUT2D eigenvalue weighted by atomic mass is 10.0. The topological polar surface area (TPSA) is 117 Å². The molecule has 1 fully saturated rings. The van der Waals surface area contributed by atoms with Gasteiger partial charge < -0.3 is 25.4 Å². The normalized spacial score (nSPS) is 13.7. The second kappa shape index (κ2) is 10.6. The van der Waals surface area contributed by atoms with E-state index in [1.807, 2.05) is 39.0 Å². The Morgan fingerprint density at radius 2 is 2.12 bits per heavy atom. The molecule has 0 radical (unpaired) electrons. The Morgan fingerprint density at radius 3 is 2.85 bits per heavy atom. The van der Waals surface area contributed by atoms with E-state index in [4.69, 9.17) is 9.84 Å². The number of carbonyl (C=O) groups excluding carboxylic acids is 1. The van der Waals surface area contributed by atoms with Gasteiger partial charge in [0.05, 0.1) is 56.0 Å². The molecule has 3 heterocycles. The molecule has 1 aromatic carbocycles. The van der Waals surface area contributed by atoms with Crippen LogP contribution in [-0.2, 0) is 17.8 Å². The van der Waals surface area contributed by atoms with E-state index >= 15 is 0 Å². The van der Waals surface area contributed by atoms with Crippen molar-refractivity contribution >= 4 is 17.7 Å². The summed E-state index contributed by atoms with van der Waals surface area (Å²) < 4.78 is 7.35. The van der Waals surface area contributed by atoms with Crippen LogP contribution in [0.25, 0.3) is 11.3 Å². The Morgan fingerprint density at radius 1 is 1.29 bits per heavy atom. The molecular formula is C24H31N7O3. The van der Waals surface area contributed by atoms with Crippen LogP contribution >= 0.6 is 0 Å². The second-order valence-corrected chi connectivity index (χ2v) is 8.62. The molecule has 3 aromatic rings. The van der Waals surface area contributed by atoms with Gasteiger partial charge in [0.25, 0.3) is 0 Å². The number of hydrogen-bond donors (Lipinski definition) is 3. The van der Waals surface area contributed by atoms with Crippen LogP contribution in [0.3, 0.4) is 0 Å². The van der Waals surface area contributed by atoms with Crippen molar-refractivity contribution in [1.29, 1.82) is 0 Å². The van der Waals surface area contributed by atoms with Crippen molar-refractivity contribution in [2.75, 3.05) is 25.0 Å². The van der Waals surface area contributed by atoms with Crippen LogP contribution in [0.2, 0.25) is 0 Å². The summed E-state index contributed by atoms with van der Waals surface area (Å²) in [4.78, 5) is 23.0. The molecule has 2 aromatic heterocycles. The number of aryl methyl sites for hydroxylation is 1. The average Bonchev–Trinajstić information content (AvgIpc) is 3.22. The smallest absolute Gasteiger partial charge is 0.317 e. The summed E-state index contributed by atoms with van der Waals surface area (Å²) in [5, 5.41) is 19.3. The van der Waals surface area contributed by atoms with Crippen molar-refractivity contribution in [1.82, 2.24) is 30.0 Å². The van der Waals surface area contributed by atoms with E-state index in [1.165, 1.54) is 0 Å². The Kier molecular flexibility index (Phi) is 7.39. The number of aliphatic hydroxyl groups is 1. The molecule has 0 atom stereocenters. The third-order valence-electron chi connectivity index (χ3n) is 5.54. The fourth-order valence-electron chi connectivity index (χ4n) is 3.77. The fraction of sp³-hybridized carbons (Fsp3) is 0.417. The highest BCUT2D eigenvalue weighted by Crippen LogP contribution is 2.22. The Hall–Kier alpha value is -3.50. The fourth-order valence-corrected chi connectivity index (χ4v) is 3.77. The van der Waals surface area contributed by atoms with Gasteiger partial charge in [0.2, 0.25) is 5.95 Å². The van der Waals surface area contributed by atoms with E-state index in [0.717, 1.165) is 28.1 Å². The zero-order valence-electron chi connectivity index (χ0n) is 19.7. The number of nitrogens with one attached hydrogen (secondary N) is 2. The molecule has 180 valence electrons. The van der Waals surface area contributed by atoms with Crippen molar-refractivity contribution in [2.45, 2.75) is 46.1 Å². The van der Waals surface area contributed by atoms with Gasteiger partial charge in [0.15, 0.2) is 0 Å². The minimum Gasteiger partial charge on any atom is -0.394 e. The van der Waals surface area contributed by atoms with E-state index in [0.29, 0.717) is 32.1 Å². The second-order valence-electron chi connectivity index (χ2n) is 8.62. The number of aliphatic hydroxyl groups excluding tert-OH is 1. The van der Waals surface area contributed by atoms with E-state index in [1.54, 1.807) is 28.2 Å². The number of anilines is 2. The number of rotatable bonds is 9. The molecule has 3 N–H and O–H groups in total. The largest absolute Gasteiger partial charge is 0.394 e. The number of hydrogen-bond acceptors (Lipinski definition) is 7. The number of likely N-dealkylation sites (tertiary alicyclic amines) is 1. The zero-order chi connectivity index (χ0) is 24.1. The summed E-state index contributed by atoms with van der Waals surface area (Å²) in [6.45, 7) is 8.22. The van der Waals surface area contributed by atoms with Crippen LogP contribution in [0.4, 0.5) is 16.4 Å². The van der Waals surface area contributed by atoms with Crippen molar-refractivity contribution in [3.8, 4) is 11.3 Å². The lowest BCUT2D eigenvalue weighted by molar-refractivity contribution is -0.0641. The Balaban J connectivity index is 1.34. The van der Waals surface area contributed by atoms with Gasteiger partial charge in [0, 0.05) is 24.5 Å². The monoisotopic (exact) mass is 465 g/mol. The quantitative estimate of drug-likeness (QED) is 0.445. The van der Waals surface area contributed by atoms with Gasteiger partial charge in [-0.25, -0.2) is 14.8 Å². The lowest BCUT2D eigenvalue weighted by Gasteiger charge is -2.39. The van der Waals surface area contributed by atoms with Gasteiger partial charge in [-0.1, -0.05) is 12.1 Å². The number of amides is 2. The van der Waals surface area contributed by atoms with Gasteiger partial charge in [0.1, 0.15) is 0 Å². The Bertz CT molecular complexity index is 1130. The molecular weight excluding hydrogens is 434 g/mol. The molecule has 0 unspecified atom stereocenters. The zero-order valence-corrected chi connectivity index (χ0v) is 19.7. The SMILES string of the molecule is Cc1cc(-c2ccnc(Nc3cnn(CCO)c3)n2)ccc1CNC(=O)N1CC(OC(C)C)C1. The van der Waals surface area contributed by atoms with Gasteiger partial charge in [-0.05, 0) is 44.0 Å². The minimum absolute atomic E-state index is 0.0259. The summed E-state index contributed by atoms with van der Waals surface area (Å²) in [7, 11) is 0. The van der Waals surface area contributed by atoms with Gasteiger partial charge in [-0.15, -0.1) is 0 Å². The maximum absolute atomic E-state index is 12.4. The predicted molar refractivity (Wildman–Crippen MR) is 129 cm³/mol. The van der Waals surface area contributed by atoms with Crippen LogP contribution < -0.4 is 10.6 Å². The van der Waals surface area contributed by atoms with Gasteiger partial charge in [-0.3, -0.25) is 4.68 Å². The third-order valence-corrected chi connectivity index (χ3v) is 5.54. The number of urea groups is 1. The molecule has 34 heavy (non-hydrogen) atoms. The highest BCUT2D eigenvalue weighted by atomic mass is 16.5. The van der Waals surface area contributed by atoms with Crippen LogP contribution in [0.5, 0.6) is 0 Å². The van der Waals surface area contributed by atoms with E-state index in [9.17, 15) is 4.79 Å². The summed E-state index contributed by atoms with van der Waals surface area (Å²) in [6, 6.07) is 7.86. The van der Waals surface area contributed by atoms with E-state index in [-0.39, 0.29) is 24.8 Å². The molecule has 1 saturated heterocycles. The standard InChI is InChI=1S/C24H31N7O3/c1-16(2)34-21-14-30(15-21)24(33)26-11-19-5-4-18(10-17(19)3)22-6-7-25-23(29-22)28-20-12-27-31(13-20)8-9-32/h4-7,10,12-13,16,21,32H,8-9,11,14-15H2,1-3H3,(H,26,33)(H,25,28,29). The summed E-state index contributed by atoms with van der Waals surface area (Å²) >= 11 is 0. The first-order valence-electron chi connectivity index (χ1n) is 11.4. The maximum Gasteiger partial charge on any atom is 0.317 e. The number of benzene rings is 1. The molecule has 0 bridgehead atoms. The van der Waals surface area contributed by atoms with Crippen molar-refractivity contribution < 1.29 is 14.6 Å². The van der Waals surface area contributed by atoms with E-state index < -0.39 is 0 Å².